The van der Waals surface area contributed by atoms with E-state index in [1.54, 1.807) is 24.0 Å². The van der Waals surface area contributed by atoms with Gasteiger partial charge < -0.3 is 0 Å². The predicted octanol–water partition coefficient (Wildman–Crippen LogP) is 4.64. The number of aromatic nitrogens is 1. The van der Waals surface area contributed by atoms with Gasteiger partial charge in [-0.3, -0.25) is 4.98 Å². The topological polar surface area (TPSA) is 12.9 Å². The summed E-state index contributed by atoms with van der Waals surface area (Å²) in [5.41, 5.74) is 3.67. The Balaban J connectivity index is 2.05. The van der Waals surface area contributed by atoms with Crippen LogP contribution in [0.2, 0.25) is 5.02 Å². The Morgan fingerprint density at radius 2 is 1.94 bits per heavy atom. The standard InChI is InChI=1S/C14H14ClNS/c1-10-3-4-14(7-11(10)2)17-9-13-8-12(15)5-6-16-13/h3-8H,9H2,1-2H3. The molecule has 0 bridgehead atoms. The number of nitrogens with zero attached hydrogens (tertiary/aromatic N) is 1. The van der Waals surface area contributed by atoms with Crippen LogP contribution in [0, 0.1) is 13.8 Å². The molecule has 0 spiro atoms. The fraction of sp³-hybridized carbons (Fsp3) is 0.214. The van der Waals surface area contributed by atoms with Crippen LogP contribution < -0.4 is 0 Å². The van der Waals surface area contributed by atoms with Crippen LogP contribution in [0.25, 0.3) is 0 Å². The van der Waals surface area contributed by atoms with Crippen molar-refractivity contribution in [3.05, 3.63) is 58.4 Å². The van der Waals surface area contributed by atoms with E-state index in [2.05, 4.69) is 37.0 Å². The van der Waals surface area contributed by atoms with Gasteiger partial charge in [-0.2, -0.15) is 0 Å². The van der Waals surface area contributed by atoms with Crippen LogP contribution in [0.5, 0.6) is 0 Å². The predicted molar refractivity (Wildman–Crippen MR) is 74.7 cm³/mol. The van der Waals surface area contributed by atoms with E-state index in [-0.39, 0.29) is 0 Å². The van der Waals surface area contributed by atoms with Gasteiger partial charge in [0.1, 0.15) is 0 Å². The normalized spacial score (nSPS) is 10.5. The third-order valence-corrected chi connectivity index (χ3v) is 3.91. The SMILES string of the molecule is Cc1ccc(SCc2cc(Cl)ccn2)cc1C. The lowest BCUT2D eigenvalue weighted by atomic mass is 10.1. The molecule has 0 aliphatic heterocycles. The molecule has 2 rings (SSSR count). The van der Waals surface area contributed by atoms with Gasteiger partial charge in [-0.05, 0) is 49.2 Å². The molecule has 17 heavy (non-hydrogen) atoms. The van der Waals surface area contributed by atoms with Crippen molar-refractivity contribution in [2.45, 2.75) is 24.5 Å². The number of benzene rings is 1. The first-order chi connectivity index (χ1) is 8.15. The quantitative estimate of drug-likeness (QED) is 0.748. The molecule has 0 amide bonds. The first-order valence-electron chi connectivity index (χ1n) is 5.45. The lowest BCUT2D eigenvalue weighted by molar-refractivity contribution is 1.17. The van der Waals surface area contributed by atoms with Crippen molar-refractivity contribution in [2.24, 2.45) is 0 Å². The molecule has 0 saturated carbocycles. The number of rotatable bonds is 3. The molecule has 2 aromatic rings. The van der Waals surface area contributed by atoms with E-state index in [9.17, 15) is 0 Å². The molecule has 1 aromatic heterocycles. The van der Waals surface area contributed by atoms with Crippen LogP contribution >= 0.6 is 23.4 Å². The Hall–Kier alpha value is -0.990. The van der Waals surface area contributed by atoms with E-state index < -0.39 is 0 Å². The zero-order valence-corrected chi connectivity index (χ0v) is 11.5. The average Bonchev–Trinajstić information content (AvgIpc) is 2.31. The highest BCUT2D eigenvalue weighted by Crippen LogP contribution is 2.24. The summed E-state index contributed by atoms with van der Waals surface area (Å²) >= 11 is 7.71. The third-order valence-electron chi connectivity index (χ3n) is 2.64. The van der Waals surface area contributed by atoms with Gasteiger partial charge in [0.2, 0.25) is 0 Å². The third kappa shape index (κ3) is 3.48. The second kappa shape index (κ2) is 5.56. The summed E-state index contributed by atoms with van der Waals surface area (Å²) in [7, 11) is 0. The monoisotopic (exact) mass is 263 g/mol. The number of hydrogen-bond acceptors (Lipinski definition) is 2. The van der Waals surface area contributed by atoms with Crippen molar-refractivity contribution in [1.29, 1.82) is 0 Å². The first kappa shape index (κ1) is 12.5. The summed E-state index contributed by atoms with van der Waals surface area (Å²) in [6, 6.07) is 10.2. The maximum Gasteiger partial charge on any atom is 0.0521 e. The Labute approximate surface area is 111 Å². The Morgan fingerprint density at radius 1 is 1.12 bits per heavy atom. The zero-order chi connectivity index (χ0) is 12.3. The summed E-state index contributed by atoms with van der Waals surface area (Å²) in [6.07, 6.45) is 1.75. The molecule has 1 heterocycles. The number of thioether (sulfide) groups is 1. The Morgan fingerprint density at radius 3 is 2.65 bits per heavy atom. The van der Waals surface area contributed by atoms with Gasteiger partial charge >= 0.3 is 0 Å². The molecule has 0 unspecified atom stereocenters. The van der Waals surface area contributed by atoms with E-state index in [1.165, 1.54) is 16.0 Å². The number of hydrogen-bond donors (Lipinski definition) is 0. The molecular formula is C14H14ClNS. The molecule has 1 aromatic carbocycles. The maximum atomic E-state index is 5.92. The lowest BCUT2D eigenvalue weighted by Crippen LogP contribution is -1.86. The van der Waals surface area contributed by atoms with E-state index >= 15 is 0 Å². The Bertz CT molecular complexity index is 525. The molecule has 0 radical (unpaired) electrons. The van der Waals surface area contributed by atoms with Gasteiger partial charge in [0.05, 0.1) is 5.69 Å². The molecule has 0 fully saturated rings. The second-order valence-electron chi connectivity index (χ2n) is 4.00. The maximum absolute atomic E-state index is 5.92. The summed E-state index contributed by atoms with van der Waals surface area (Å²) < 4.78 is 0. The molecule has 0 atom stereocenters. The van der Waals surface area contributed by atoms with Crippen LogP contribution in [0.4, 0.5) is 0 Å². The molecule has 1 nitrogen and oxygen atoms in total. The van der Waals surface area contributed by atoms with Crippen molar-refractivity contribution in [3.63, 3.8) is 0 Å². The first-order valence-corrected chi connectivity index (χ1v) is 6.82. The van der Waals surface area contributed by atoms with Crippen molar-refractivity contribution in [1.82, 2.24) is 4.98 Å². The minimum absolute atomic E-state index is 0.746. The number of pyridine rings is 1. The molecule has 0 N–H and O–H groups in total. The highest BCUT2D eigenvalue weighted by atomic mass is 35.5. The largest absolute Gasteiger partial charge is 0.260 e. The van der Waals surface area contributed by atoms with E-state index in [1.807, 2.05) is 6.07 Å². The van der Waals surface area contributed by atoms with Crippen LogP contribution in [-0.2, 0) is 5.75 Å². The van der Waals surface area contributed by atoms with E-state index in [0.29, 0.717) is 0 Å². The van der Waals surface area contributed by atoms with Gasteiger partial charge in [-0.1, -0.05) is 17.7 Å². The number of halogens is 1. The fourth-order valence-corrected chi connectivity index (χ4v) is 2.57. The van der Waals surface area contributed by atoms with E-state index in [0.717, 1.165) is 16.5 Å². The van der Waals surface area contributed by atoms with Crippen molar-refractivity contribution in [2.75, 3.05) is 0 Å². The fourth-order valence-electron chi connectivity index (χ4n) is 1.49. The molecule has 3 heteroatoms. The summed E-state index contributed by atoms with van der Waals surface area (Å²) in [4.78, 5) is 5.56. The van der Waals surface area contributed by atoms with Crippen molar-refractivity contribution < 1.29 is 0 Å². The van der Waals surface area contributed by atoms with E-state index in [4.69, 9.17) is 11.6 Å². The van der Waals surface area contributed by atoms with Crippen molar-refractivity contribution in [3.8, 4) is 0 Å². The number of aryl methyl sites for hydroxylation is 2. The zero-order valence-electron chi connectivity index (χ0n) is 9.90. The van der Waals surface area contributed by atoms with Gasteiger partial charge in [0, 0.05) is 21.9 Å². The van der Waals surface area contributed by atoms with Crippen LogP contribution in [0.15, 0.2) is 41.4 Å². The summed E-state index contributed by atoms with van der Waals surface area (Å²) in [6.45, 7) is 4.26. The molecule has 0 saturated heterocycles. The average molecular weight is 264 g/mol. The van der Waals surface area contributed by atoms with Crippen LogP contribution in [0.1, 0.15) is 16.8 Å². The lowest BCUT2D eigenvalue weighted by Gasteiger charge is -2.05. The van der Waals surface area contributed by atoms with Gasteiger partial charge in [0.25, 0.3) is 0 Å². The van der Waals surface area contributed by atoms with Crippen LogP contribution in [0.3, 0.4) is 0 Å². The highest BCUT2D eigenvalue weighted by molar-refractivity contribution is 7.98. The smallest absolute Gasteiger partial charge is 0.0521 e. The Kier molecular flexibility index (Phi) is 4.08. The molecule has 0 aliphatic carbocycles. The highest BCUT2D eigenvalue weighted by Gasteiger charge is 2.00. The van der Waals surface area contributed by atoms with Crippen LogP contribution in [-0.4, -0.2) is 4.98 Å². The van der Waals surface area contributed by atoms with Gasteiger partial charge in [0.15, 0.2) is 0 Å². The summed E-state index contributed by atoms with van der Waals surface area (Å²) in [5, 5.41) is 0.746. The molecule has 0 aliphatic rings. The van der Waals surface area contributed by atoms with Crippen molar-refractivity contribution >= 4 is 23.4 Å². The minimum Gasteiger partial charge on any atom is -0.260 e. The van der Waals surface area contributed by atoms with Gasteiger partial charge in [-0.25, -0.2) is 0 Å². The summed E-state index contributed by atoms with van der Waals surface area (Å²) in [5.74, 6) is 0.850. The van der Waals surface area contributed by atoms with Gasteiger partial charge in [-0.15, -0.1) is 11.8 Å². The molecule has 88 valence electrons. The minimum atomic E-state index is 0.746. The molecular weight excluding hydrogens is 250 g/mol. The second-order valence-corrected chi connectivity index (χ2v) is 5.49.